The van der Waals surface area contributed by atoms with E-state index in [0.717, 1.165) is 19.2 Å². The molecule has 0 aromatic heterocycles. The van der Waals surface area contributed by atoms with E-state index in [1.54, 1.807) is 0 Å². The van der Waals surface area contributed by atoms with E-state index in [1.807, 2.05) is 0 Å². The Hall–Kier alpha value is -1.74. The molecular formula is C11H10ClF4NO4. The monoisotopic (exact) mass is 331 g/mol. The molecule has 1 aromatic rings. The highest BCUT2D eigenvalue weighted by Gasteiger charge is 2.25. The quantitative estimate of drug-likeness (QED) is 0.593. The highest BCUT2D eigenvalue weighted by molar-refractivity contribution is 6.31. The van der Waals surface area contributed by atoms with Gasteiger partial charge in [0.2, 0.25) is 0 Å². The summed E-state index contributed by atoms with van der Waals surface area (Å²) in [7, 11) is 2.33. The molecule has 21 heavy (non-hydrogen) atoms. The van der Waals surface area contributed by atoms with Crippen molar-refractivity contribution < 1.29 is 36.7 Å². The summed E-state index contributed by atoms with van der Waals surface area (Å²) < 4.78 is 57.6. The Labute approximate surface area is 121 Å². The molecule has 5 nitrogen and oxygen atoms in total. The molecule has 0 spiro atoms. The minimum absolute atomic E-state index is 0.180. The van der Waals surface area contributed by atoms with Crippen molar-refractivity contribution in [2.75, 3.05) is 14.2 Å². The lowest BCUT2D eigenvalue weighted by Gasteiger charge is -2.19. The van der Waals surface area contributed by atoms with Crippen molar-refractivity contribution in [1.29, 1.82) is 0 Å². The second-order valence-corrected chi connectivity index (χ2v) is 3.96. The Kier molecular flexibility index (Phi) is 6.03. The van der Waals surface area contributed by atoms with Gasteiger partial charge in [0.15, 0.2) is 11.5 Å². The second kappa shape index (κ2) is 7.32. The number of amides is 1. The summed E-state index contributed by atoms with van der Waals surface area (Å²) in [5.41, 5.74) is -0.511. The predicted molar refractivity (Wildman–Crippen MR) is 63.8 cm³/mol. The van der Waals surface area contributed by atoms with E-state index >= 15 is 0 Å². The molecular weight excluding hydrogens is 322 g/mol. The van der Waals surface area contributed by atoms with Crippen molar-refractivity contribution in [2.45, 2.75) is 13.2 Å². The van der Waals surface area contributed by atoms with Crippen LogP contribution in [0.3, 0.4) is 0 Å². The molecule has 0 bridgehead atoms. The van der Waals surface area contributed by atoms with Gasteiger partial charge in [0, 0.05) is 18.1 Å². The van der Waals surface area contributed by atoms with Crippen molar-refractivity contribution in [3.63, 3.8) is 0 Å². The largest absolute Gasteiger partial charge is 0.431 e. The normalized spacial score (nSPS) is 10.9. The van der Waals surface area contributed by atoms with Crippen LogP contribution in [0.15, 0.2) is 12.1 Å². The lowest BCUT2D eigenvalue weighted by Crippen LogP contribution is -2.26. The van der Waals surface area contributed by atoms with E-state index < -0.39 is 36.2 Å². The van der Waals surface area contributed by atoms with Crippen LogP contribution in [0.2, 0.25) is 5.02 Å². The minimum atomic E-state index is -3.36. The molecule has 0 unspecified atom stereocenters. The molecule has 0 saturated heterocycles. The van der Waals surface area contributed by atoms with Crippen molar-refractivity contribution in [1.82, 2.24) is 5.06 Å². The fourth-order valence-corrected chi connectivity index (χ4v) is 1.58. The molecule has 0 aliphatic rings. The highest BCUT2D eigenvalue weighted by Crippen LogP contribution is 2.37. The number of nitrogens with zero attached hydrogens (tertiary/aromatic N) is 1. The van der Waals surface area contributed by atoms with Gasteiger partial charge in [0.25, 0.3) is 5.91 Å². The maximum absolute atomic E-state index is 12.4. The number of hydroxylamine groups is 2. The zero-order valence-electron chi connectivity index (χ0n) is 10.8. The third-order valence-electron chi connectivity index (χ3n) is 2.23. The number of hydrogen-bond acceptors (Lipinski definition) is 4. The topological polar surface area (TPSA) is 48.0 Å². The summed E-state index contributed by atoms with van der Waals surface area (Å²) in [6, 6.07) is 1.80. The Bertz CT molecular complexity index is 515. The number of carbonyl (C=O) groups excluding carboxylic acids is 1. The lowest BCUT2D eigenvalue weighted by molar-refractivity contribution is -0.0792. The van der Waals surface area contributed by atoms with Crippen LogP contribution in [0, 0.1) is 0 Å². The van der Waals surface area contributed by atoms with Gasteiger partial charge in [-0.3, -0.25) is 9.63 Å². The Balaban J connectivity index is 3.38. The van der Waals surface area contributed by atoms with Crippen LogP contribution in [0.4, 0.5) is 17.6 Å². The standard InChI is InChI=1S/C11H10ClF4NO4/c1-17(19-2)9(18)6-3-5(12)4-7(20-10(13)14)8(6)21-11(15)16/h3-4,10-11H,1-2H3. The Morgan fingerprint density at radius 1 is 1.19 bits per heavy atom. The average molecular weight is 332 g/mol. The van der Waals surface area contributed by atoms with Crippen LogP contribution in [0.5, 0.6) is 11.5 Å². The zero-order chi connectivity index (χ0) is 16.2. The van der Waals surface area contributed by atoms with E-state index in [0.29, 0.717) is 5.06 Å². The first-order chi connectivity index (χ1) is 9.76. The molecule has 10 heteroatoms. The highest BCUT2D eigenvalue weighted by atomic mass is 35.5. The van der Waals surface area contributed by atoms with Crippen LogP contribution in [0.1, 0.15) is 10.4 Å². The first-order valence-corrected chi connectivity index (χ1v) is 5.69. The van der Waals surface area contributed by atoms with Crippen LogP contribution in [0.25, 0.3) is 0 Å². The Morgan fingerprint density at radius 3 is 2.24 bits per heavy atom. The van der Waals surface area contributed by atoms with Gasteiger partial charge >= 0.3 is 13.2 Å². The van der Waals surface area contributed by atoms with E-state index in [-0.39, 0.29) is 5.02 Å². The van der Waals surface area contributed by atoms with Crippen LogP contribution in [-0.4, -0.2) is 38.4 Å². The maximum atomic E-state index is 12.4. The molecule has 118 valence electrons. The van der Waals surface area contributed by atoms with Crippen LogP contribution >= 0.6 is 11.6 Å². The molecule has 0 saturated carbocycles. The molecule has 0 heterocycles. The number of hydrogen-bond donors (Lipinski definition) is 0. The van der Waals surface area contributed by atoms with Crippen molar-refractivity contribution in [2.24, 2.45) is 0 Å². The number of rotatable bonds is 6. The van der Waals surface area contributed by atoms with Crippen molar-refractivity contribution >= 4 is 17.5 Å². The summed E-state index contributed by atoms with van der Waals surface area (Å²) in [6.07, 6.45) is 0. The summed E-state index contributed by atoms with van der Waals surface area (Å²) in [5.74, 6) is -2.58. The first-order valence-electron chi connectivity index (χ1n) is 5.31. The summed E-state index contributed by atoms with van der Waals surface area (Å²) in [5, 5.41) is 0.496. The number of alkyl halides is 4. The number of halogens is 5. The fourth-order valence-electron chi connectivity index (χ4n) is 1.37. The average Bonchev–Trinajstić information content (AvgIpc) is 2.38. The maximum Gasteiger partial charge on any atom is 0.387 e. The van der Waals surface area contributed by atoms with E-state index in [9.17, 15) is 22.4 Å². The van der Waals surface area contributed by atoms with Gasteiger partial charge in [-0.1, -0.05) is 11.6 Å². The van der Waals surface area contributed by atoms with Gasteiger partial charge in [-0.2, -0.15) is 17.6 Å². The molecule has 0 aliphatic heterocycles. The van der Waals surface area contributed by atoms with Gasteiger partial charge in [-0.05, 0) is 6.07 Å². The first kappa shape index (κ1) is 17.3. The smallest absolute Gasteiger partial charge is 0.387 e. The molecule has 0 atom stereocenters. The molecule has 1 aromatic carbocycles. The summed E-state index contributed by atoms with van der Waals surface area (Å²) in [4.78, 5) is 16.5. The predicted octanol–water partition coefficient (Wildman–Crippen LogP) is 3.18. The third-order valence-corrected chi connectivity index (χ3v) is 2.45. The Morgan fingerprint density at radius 2 is 1.76 bits per heavy atom. The molecule has 1 rings (SSSR count). The van der Waals surface area contributed by atoms with Gasteiger partial charge < -0.3 is 9.47 Å². The summed E-state index contributed by atoms with van der Waals surface area (Å²) in [6.45, 7) is -6.67. The number of ether oxygens (including phenoxy) is 2. The van der Waals surface area contributed by atoms with E-state index in [2.05, 4.69) is 14.3 Å². The molecule has 0 N–H and O–H groups in total. The summed E-state index contributed by atoms with van der Waals surface area (Å²) >= 11 is 5.65. The van der Waals surface area contributed by atoms with Gasteiger partial charge in [0.1, 0.15) is 0 Å². The molecule has 1 amide bonds. The fraction of sp³-hybridized carbons (Fsp3) is 0.364. The van der Waals surface area contributed by atoms with Crippen LogP contribution in [-0.2, 0) is 4.84 Å². The lowest BCUT2D eigenvalue weighted by atomic mass is 10.1. The third kappa shape index (κ3) is 4.64. The zero-order valence-corrected chi connectivity index (χ0v) is 11.5. The van der Waals surface area contributed by atoms with E-state index in [4.69, 9.17) is 11.6 Å². The number of carbonyl (C=O) groups is 1. The molecule has 0 aliphatic carbocycles. The van der Waals surface area contributed by atoms with Crippen LogP contribution < -0.4 is 9.47 Å². The second-order valence-electron chi connectivity index (χ2n) is 3.52. The van der Waals surface area contributed by atoms with Gasteiger partial charge in [-0.25, -0.2) is 5.06 Å². The van der Waals surface area contributed by atoms with Gasteiger partial charge in [0.05, 0.1) is 12.7 Å². The van der Waals surface area contributed by atoms with Gasteiger partial charge in [-0.15, -0.1) is 0 Å². The molecule has 0 fully saturated rings. The SMILES string of the molecule is CON(C)C(=O)c1cc(Cl)cc(OC(F)F)c1OC(F)F. The van der Waals surface area contributed by atoms with Crippen molar-refractivity contribution in [3.8, 4) is 11.5 Å². The van der Waals surface area contributed by atoms with E-state index in [1.165, 1.54) is 7.05 Å². The molecule has 0 radical (unpaired) electrons. The number of benzene rings is 1. The van der Waals surface area contributed by atoms with Crippen molar-refractivity contribution in [3.05, 3.63) is 22.7 Å². The minimum Gasteiger partial charge on any atom is -0.431 e.